The molecule has 0 spiro atoms. The molecule has 0 radical (unpaired) electrons. The van der Waals surface area contributed by atoms with Crippen molar-refractivity contribution >= 4 is 17.4 Å². The number of ketones is 1. The Morgan fingerprint density at radius 2 is 2.33 bits per heavy atom. The van der Waals surface area contributed by atoms with Crippen LogP contribution in [0.15, 0.2) is 12.1 Å². The van der Waals surface area contributed by atoms with Crippen molar-refractivity contribution < 1.29 is 13.9 Å². The normalized spacial score (nSPS) is 9.47. The van der Waals surface area contributed by atoms with Crippen molar-refractivity contribution in [2.24, 2.45) is 0 Å². The van der Waals surface area contributed by atoms with Gasteiger partial charge in [-0.15, -0.1) is 11.6 Å². The number of benzene rings is 1. The van der Waals surface area contributed by atoms with Crippen LogP contribution in [-0.2, 0) is 0 Å². The molecule has 0 atom stereocenters. The van der Waals surface area contributed by atoms with E-state index in [0.717, 1.165) is 6.07 Å². The molecule has 0 unspecified atom stereocenters. The number of nitriles is 1. The van der Waals surface area contributed by atoms with E-state index in [1.54, 1.807) is 6.07 Å². The van der Waals surface area contributed by atoms with Crippen molar-refractivity contribution in [1.29, 1.82) is 5.26 Å². The van der Waals surface area contributed by atoms with Crippen molar-refractivity contribution in [1.82, 2.24) is 0 Å². The first-order valence-corrected chi connectivity index (χ1v) is 4.55. The zero-order valence-corrected chi connectivity index (χ0v) is 8.64. The lowest BCUT2D eigenvalue weighted by molar-refractivity contribution is 0.101. The summed E-state index contributed by atoms with van der Waals surface area (Å²) in [6, 6.07) is 4.10. The molecule has 1 rings (SSSR count). The second-order valence-corrected chi connectivity index (χ2v) is 2.94. The Balaban J connectivity index is 3.47. The predicted molar refractivity (Wildman–Crippen MR) is 52.7 cm³/mol. The van der Waals surface area contributed by atoms with Gasteiger partial charge in [-0.25, -0.2) is 4.39 Å². The maximum atomic E-state index is 13.3. The van der Waals surface area contributed by atoms with Crippen molar-refractivity contribution in [2.75, 3.05) is 13.0 Å². The summed E-state index contributed by atoms with van der Waals surface area (Å²) < 4.78 is 18.2. The zero-order chi connectivity index (χ0) is 11.4. The third kappa shape index (κ3) is 2.08. The van der Waals surface area contributed by atoms with Crippen molar-refractivity contribution in [3.05, 3.63) is 29.1 Å². The van der Waals surface area contributed by atoms with Crippen LogP contribution < -0.4 is 4.74 Å². The summed E-state index contributed by atoms with van der Waals surface area (Å²) in [5.41, 5.74) is -0.168. The van der Waals surface area contributed by atoms with Crippen LogP contribution in [0.1, 0.15) is 15.9 Å². The van der Waals surface area contributed by atoms with Gasteiger partial charge in [0.25, 0.3) is 0 Å². The van der Waals surface area contributed by atoms with Crippen LogP contribution in [0.25, 0.3) is 0 Å². The number of hydrogen-bond acceptors (Lipinski definition) is 3. The van der Waals surface area contributed by atoms with E-state index in [0.29, 0.717) is 0 Å². The minimum absolute atomic E-state index is 0.0665. The number of rotatable bonds is 3. The topological polar surface area (TPSA) is 50.1 Å². The summed E-state index contributed by atoms with van der Waals surface area (Å²) in [6.45, 7) is 0. The first-order valence-electron chi connectivity index (χ1n) is 4.01. The number of nitrogens with zero attached hydrogens (tertiary/aromatic N) is 1. The third-order valence-electron chi connectivity index (χ3n) is 1.83. The fourth-order valence-corrected chi connectivity index (χ4v) is 1.32. The molecule has 0 aromatic heterocycles. The predicted octanol–water partition coefficient (Wildman–Crippen LogP) is 2.13. The number of carbonyl (C=O) groups is 1. The van der Waals surface area contributed by atoms with Crippen LogP contribution in [-0.4, -0.2) is 18.8 Å². The Morgan fingerprint density at radius 1 is 1.67 bits per heavy atom. The van der Waals surface area contributed by atoms with E-state index in [9.17, 15) is 9.18 Å². The van der Waals surface area contributed by atoms with Crippen LogP contribution in [0.3, 0.4) is 0 Å². The summed E-state index contributed by atoms with van der Waals surface area (Å²) in [5, 5.41) is 8.72. The maximum Gasteiger partial charge on any atom is 0.184 e. The van der Waals surface area contributed by atoms with Crippen LogP contribution in [0, 0.1) is 17.1 Å². The minimum Gasteiger partial charge on any atom is -0.494 e. The number of methoxy groups -OCH3 is 1. The Labute approximate surface area is 91.0 Å². The molecule has 0 aliphatic carbocycles. The molecule has 0 heterocycles. The van der Waals surface area contributed by atoms with E-state index in [-0.39, 0.29) is 22.8 Å². The van der Waals surface area contributed by atoms with E-state index in [1.807, 2.05) is 0 Å². The fraction of sp³-hybridized carbons (Fsp3) is 0.200. The van der Waals surface area contributed by atoms with Crippen molar-refractivity contribution in [3.63, 3.8) is 0 Å². The van der Waals surface area contributed by atoms with Gasteiger partial charge in [0.1, 0.15) is 17.6 Å². The molecule has 0 saturated carbocycles. The largest absolute Gasteiger partial charge is 0.494 e. The van der Waals surface area contributed by atoms with Gasteiger partial charge in [0.2, 0.25) is 0 Å². The molecule has 78 valence electrons. The molecule has 1 aromatic carbocycles. The monoisotopic (exact) mass is 227 g/mol. The Bertz CT molecular complexity index is 440. The lowest BCUT2D eigenvalue weighted by Gasteiger charge is -2.08. The number of ether oxygens (including phenoxy) is 1. The summed E-state index contributed by atoms with van der Waals surface area (Å²) in [6.07, 6.45) is 0. The lowest BCUT2D eigenvalue weighted by Crippen LogP contribution is -2.08. The van der Waals surface area contributed by atoms with Crippen LogP contribution >= 0.6 is 11.6 Å². The molecule has 0 fully saturated rings. The average molecular weight is 228 g/mol. The summed E-state index contributed by atoms with van der Waals surface area (Å²) >= 11 is 5.33. The zero-order valence-electron chi connectivity index (χ0n) is 7.88. The molecule has 0 aliphatic rings. The van der Waals surface area contributed by atoms with Gasteiger partial charge in [0.05, 0.1) is 24.1 Å². The maximum absolute atomic E-state index is 13.3. The van der Waals surface area contributed by atoms with Gasteiger partial charge in [-0.2, -0.15) is 5.26 Å². The van der Waals surface area contributed by atoms with E-state index in [4.69, 9.17) is 21.6 Å². The van der Waals surface area contributed by atoms with Gasteiger partial charge in [-0.3, -0.25) is 4.79 Å². The van der Waals surface area contributed by atoms with Crippen molar-refractivity contribution in [3.8, 4) is 11.8 Å². The molecule has 1 aromatic rings. The van der Waals surface area contributed by atoms with Gasteiger partial charge in [-0.05, 0) is 12.1 Å². The highest BCUT2D eigenvalue weighted by Gasteiger charge is 2.19. The van der Waals surface area contributed by atoms with E-state index < -0.39 is 11.6 Å². The number of hydrogen-bond donors (Lipinski definition) is 0. The Hall–Kier alpha value is -1.60. The second kappa shape index (κ2) is 4.76. The van der Waals surface area contributed by atoms with Gasteiger partial charge in [-0.1, -0.05) is 0 Å². The molecule has 0 saturated heterocycles. The van der Waals surface area contributed by atoms with Gasteiger partial charge < -0.3 is 4.74 Å². The molecule has 15 heavy (non-hydrogen) atoms. The molecule has 0 bridgehead atoms. The van der Waals surface area contributed by atoms with Crippen LogP contribution in [0.5, 0.6) is 5.75 Å². The van der Waals surface area contributed by atoms with Crippen LogP contribution in [0.4, 0.5) is 4.39 Å². The van der Waals surface area contributed by atoms with E-state index in [1.165, 1.54) is 13.2 Å². The lowest BCUT2D eigenvalue weighted by atomic mass is 10.1. The molecule has 5 heteroatoms. The smallest absolute Gasteiger partial charge is 0.184 e. The van der Waals surface area contributed by atoms with Gasteiger partial charge in [0, 0.05) is 0 Å². The highest BCUT2D eigenvalue weighted by Crippen LogP contribution is 2.26. The van der Waals surface area contributed by atoms with E-state index in [2.05, 4.69) is 0 Å². The minimum atomic E-state index is -0.739. The standard InChI is InChI=1S/C10H7ClFNO2/c1-15-10-6(5-13)2-3-7(12)9(10)8(14)4-11/h2-3H,4H2,1H3. The van der Waals surface area contributed by atoms with Gasteiger partial charge in [0.15, 0.2) is 5.78 Å². The first-order chi connectivity index (χ1) is 7.15. The first kappa shape index (κ1) is 11.5. The molecular formula is C10H7ClFNO2. The highest BCUT2D eigenvalue weighted by molar-refractivity contribution is 6.30. The number of Topliss-reactive ketones (excluding diaryl/α,β-unsaturated/α-hetero) is 1. The molecule has 0 aliphatic heterocycles. The van der Waals surface area contributed by atoms with Crippen LogP contribution in [0.2, 0.25) is 0 Å². The third-order valence-corrected chi connectivity index (χ3v) is 2.07. The van der Waals surface area contributed by atoms with Crippen molar-refractivity contribution in [2.45, 2.75) is 0 Å². The Morgan fingerprint density at radius 3 is 2.80 bits per heavy atom. The highest BCUT2D eigenvalue weighted by atomic mass is 35.5. The molecule has 0 N–H and O–H groups in total. The number of halogens is 2. The average Bonchev–Trinajstić information content (AvgIpc) is 2.27. The fourth-order valence-electron chi connectivity index (χ4n) is 1.19. The summed E-state index contributed by atoms with van der Waals surface area (Å²) in [4.78, 5) is 11.3. The number of alkyl halides is 1. The summed E-state index contributed by atoms with van der Waals surface area (Å²) in [7, 11) is 1.26. The number of carbonyl (C=O) groups excluding carboxylic acids is 1. The molecule has 3 nitrogen and oxygen atoms in total. The SMILES string of the molecule is COc1c(C#N)ccc(F)c1C(=O)CCl. The molecule has 0 amide bonds. The molecular weight excluding hydrogens is 221 g/mol. The second-order valence-electron chi connectivity index (χ2n) is 2.67. The Kier molecular flexibility index (Phi) is 3.64. The van der Waals surface area contributed by atoms with Gasteiger partial charge >= 0.3 is 0 Å². The summed E-state index contributed by atoms with van der Waals surface area (Å²) in [5.74, 6) is -1.77. The van der Waals surface area contributed by atoms with E-state index >= 15 is 0 Å². The quantitative estimate of drug-likeness (QED) is 0.587.